The quantitative estimate of drug-likeness (QED) is 0.450. The highest BCUT2D eigenvalue weighted by molar-refractivity contribution is 5.77. The minimum atomic E-state index is -0.488. The van der Waals surface area contributed by atoms with Crippen LogP contribution in [0.5, 0.6) is 5.75 Å². The maximum absolute atomic E-state index is 11.5. The molecule has 1 heterocycles. The maximum Gasteiger partial charge on any atom is 0.379 e. The summed E-state index contributed by atoms with van der Waals surface area (Å²) in [7, 11) is 0. The van der Waals surface area contributed by atoms with Crippen molar-refractivity contribution in [2.45, 2.75) is 6.92 Å². The average Bonchev–Trinajstić information content (AvgIpc) is 2.30. The Labute approximate surface area is 92.4 Å². The highest BCUT2D eigenvalue weighted by atomic mass is 16.7. The largest absolute Gasteiger partial charge is 0.460 e. The predicted octanol–water partition coefficient (Wildman–Crippen LogP) is 2.17. The molecule has 1 aromatic heterocycles. The van der Waals surface area contributed by atoms with Crippen LogP contribution in [0.15, 0.2) is 39.5 Å². The van der Waals surface area contributed by atoms with Gasteiger partial charge in [0, 0.05) is 12.0 Å². The molecule has 1 aromatic carbocycles. The van der Waals surface area contributed by atoms with E-state index in [4.69, 9.17) is 13.9 Å². The molecular weight excluding hydrogens is 208 g/mol. The van der Waals surface area contributed by atoms with Crippen LogP contribution in [0.1, 0.15) is 6.92 Å². The van der Waals surface area contributed by atoms with E-state index >= 15 is 0 Å². The highest BCUT2D eigenvalue weighted by Crippen LogP contribution is 2.16. The van der Waals surface area contributed by atoms with Crippen molar-refractivity contribution in [3.8, 4) is 5.75 Å². The van der Waals surface area contributed by atoms with E-state index in [0.717, 1.165) is 5.39 Å². The summed E-state index contributed by atoms with van der Waals surface area (Å²) < 4.78 is 15.2. The van der Waals surface area contributed by atoms with E-state index in [1.807, 2.05) is 25.1 Å². The lowest BCUT2D eigenvalue weighted by molar-refractivity contribution is 0.0204. The molecule has 0 atom stereocenters. The van der Waals surface area contributed by atoms with Crippen LogP contribution in [0.2, 0.25) is 0 Å². The Balaban J connectivity index is 2.31. The molecule has 0 aliphatic rings. The number of fused-ring (bicyclic) bond motifs is 1. The van der Waals surface area contributed by atoms with E-state index in [1.54, 1.807) is 12.1 Å². The van der Waals surface area contributed by atoms with Gasteiger partial charge in [-0.2, -0.15) is 0 Å². The Morgan fingerprint density at radius 2 is 2.12 bits per heavy atom. The first-order valence-corrected chi connectivity index (χ1v) is 5.04. The molecule has 0 aliphatic heterocycles. The molecule has 2 aromatic rings. The second kappa shape index (κ2) is 4.81. The number of para-hydroxylation sites is 1. The molecule has 0 saturated heterocycles. The fourth-order valence-corrected chi connectivity index (χ4v) is 1.33. The van der Waals surface area contributed by atoms with E-state index in [-0.39, 0.29) is 12.5 Å². The van der Waals surface area contributed by atoms with E-state index < -0.39 is 5.63 Å². The average molecular weight is 220 g/mol. The van der Waals surface area contributed by atoms with Crippen molar-refractivity contribution in [2.24, 2.45) is 0 Å². The third-order valence-corrected chi connectivity index (χ3v) is 2.11. The normalized spacial score (nSPS) is 10.6. The van der Waals surface area contributed by atoms with Crippen molar-refractivity contribution >= 4 is 11.0 Å². The van der Waals surface area contributed by atoms with Crippen LogP contribution in [0.4, 0.5) is 0 Å². The maximum atomic E-state index is 11.5. The first-order chi connectivity index (χ1) is 7.81. The number of benzene rings is 1. The van der Waals surface area contributed by atoms with E-state index in [9.17, 15) is 4.79 Å². The van der Waals surface area contributed by atoms with Gasteiger partial charge in [-0.25, -0.2) is 4.79 Å². The van der Waals surface area contributed by atoms with E-state index in [0.29, 0.717) is 12.2 Å². The minimum Gasteiger partial charge on any atom is -0.460 e. The number of ether oxygens (including phenoxy) is 2. The first-order valence-electron chi connectivity index (χ1n) is 5.04. The van der Waals surface area contributed by atoms with Crippen molar-refractivity contribution in [3.63, 3.8) is 0 Å². The Hall–Kier alpha value is -1.81. The number of hydrogen-bond donors (Lipinski definition) is 0. The molecule has 0 fully saturated rings. The van der Waals surface area contributed by atoms with Gasteiger partial charge in [0.15, 0.2) is 6.79 Å². The van der Waals surface area contributed by atoms with Crippen molar-refractivity contribution in [1.29, 1.82) is 0 Å². The Bertz CT molecular complexity index is 530. The molecule has 4 heteroatoms. The highest BCUT2D eigenvalue weighted by Gasteiger charge is 2.05. The molecule has 0 bridgehead atoms. The smallest absolute Gasteiger partial charge is 0.379 e. The molecule has 0 spiro atoms. The van der Waals surface area contributed by atoms with Gasteiger partial charge in [0.25, 0.3) is 0 Å². The molecule has 2 rings (SSSR count). The zero-order valence-corrected chi connectivity index (χ0v) is 8.93. The van der Waals surface area contributed by atoms with Crippen LogP contribution in [0.25, 0.3) is 11.0 Å². The molecule has 0 N–H and O–H groups in total. The van der Waals surface area contributed by atoms with Crippen molar-refractivity contribution < 1.29 is 13.9 Å². The standard InChI is InChI=1S/C12H12O4/c1-2-14-8-15-11-7-9-5-3-4-6-10(9)16-12(11)13/h3-7H,2,8H2,1H3. The lowest BCUT2D eigenvalue weighted by Crippen LogP contribution is -2.09. The van der Waals surface area contributed by atoms with Crippen molar-refractivity contribution in [1.82, 2.24) is 0 Å². The van der Waals surface area contributed by atoms with Crippen molar-refractivity contribution in [3.05, 3.63) is 40.8 Å². The summed E-state index contributed by atoms with van der Waals surface area (Å²) >= 11 is 0. The number of hydrogen-bond acceptors (Lipinski definition) is 4. The topological polar surface area (TPSA) is 48.7 Å². The van der Waals surface area contributed by atoms with Gasteiger partial charge in [0.2, 0.25) is 5.75 Å². The van der Waals surface area contributed by atoms with Crippen LogP contribution in [-0.2, 0) is 4.74 Å². The second-order valence-electron chi connectivity index (χ2n) is 3.19. The number of rotatable bonds is 4. The monoisotopic (exact) mass is 220 g/mol. The summed E-state index contributed by atoms with van der Waals surface area (Å²) in [5, 5.41) is 0.827. The van der Waals surface area contributed by atoms with Crippen LogP contribution in [-0.4, -0.2) is 13.4 Å². The molecule has 0 amide bonds. The van der Waals surface area contributed by atoms with Gasteiger partial charge in [-0.3, -0.25) is 0 Å². The minimum absolute atomic E-state index is 0.0552. The van der Waals surface area contributed by atoms with E-state index in [2.05, 4.69) is 0 Å². The summed E-state index contributed by atoms with van der Waals surface area (Å²) in [4.78, 5) is 11.5. The van der Waals surface area contributed by atoms with Gasteiger partial charge >= 0.3 is 5.63 Å². The van der Waals surface area contributed by atoms with Crippen LogP contribution in [0, 0.1) is 0 Å². The molecular formula is C12H12O4. The molecule has 0 radical (unpaired) electrons. The summed E-state index contributed by atoms with van der Waals surface area (Å²) in [6, 6.07) is 8.93. The molecule has 0 unspecified atom stereocenters. The van der Waals surface area contributed by atoms with E-state index in [1.165, 1.54) is 0 Å². The van der Waals surface area contributed by atoms with Gasteiger partial charge in [0.05, 0.1) is 0 Å². The van der Waals surface area contributed by atoms with Crippen LogP contribution in [0.3, 0.4) is 0 Å². The summed E-state index contributed by atoms with van der Waals surface area (Å²) in [5.41, 5.74) is 0.0645. The van der Waals surface area contributed by atoms with Crippen LogP contribution < -0.4 is 10.4 Å². The van der Waals surface area contributed by atoms with Crippen molar-refractivity contribution in [2.75, 3.05) is 13.4 Å². The van der Waals surface area contributed by atoms with Gasteiger partial charge < -0.3 is 13.9 Å². The van der Waals surface area contributed by atoms with Crippen LogP contribution >= 0.6 is 0 Å². The lowest BCUT2D eigenvalue weighted by atomic mass is 10.2. The zero-order chi connectivity index (χ0) is 11.4. The van der Waals surface area contributed by atoms with Gasteiger partial charge in [0.1, 0.15) is 5.58 Å². The van der Waals surface area contributed by atoms with Gasteiger partial charge in [-0.1, -0.05) is 18.2 Å². The third-order valence-electron chi connectivity index (χ3n) is 2.11. The third kappa shape index (κ3) is 2.23. The van der Waals surface area contributed by atoms with Gasteiger partial charge in [-0.05, 0) is 19.1 Å². The predicted molar refractivity (Wildman–Crippen MR) is 59.6 cm³/mol. The van der Waals surface area contributed by atoms with Gasteiger partial charge in [-0.15, -0.1) is 0 Å². The molecule has 84 valence electrons. The molecule has 16 heavy (non-hydrogen) atoms. The Kier molecular flexibility index (Phi) is 3.22. The molecule has 0 aliphatic carbocycles. The second-order valence-corrected chi connectivity index (χ2v) is 3.19. The fraction of sp³-hybridized carbons (Fsp3) is 0.250. The summed E-state index contributed by atoms with van der Waals surface area (Å²) in [6.07, 6.45) is 0. The fourth-order valence-electron chi connectivity index (χ4n) is 1.33. The molecule has 4 nitrogen and oxygen atoms in total. The summed E-state index contributed by atoms with van der Waals surface area (Å²) in [6.45, 7) is 2.45. The Morgan fingerprint density at radius 3 is 2.94 bits per heavy atom. The zero-order valence-electron chi connectivity index (χ0n) is 8.93. The molecule has 0 saturated carbocycles. The first kappa shape index (κ1) is 10.7. The Morgan fingerprint density at radius 1 is 1.31 bits per heavy atom. The SMILES string of the molecule is CCOCOc1cc2ccccc2oc1=O. The summed E-state index contributed by atoms with van der Waals surface area (Å²) in [5.74, 6) is 0.173. The lowest BCUT2D eigenvalue weighted by Gasteiger charge is -2.04.